The molecule has 1 heterocycles. The van der Waals surface area contributed by atoms with E-state index in [0.717, 1.165) is 12.1 Å². The number of carbonyl (C=O) groups is 1. The topological polar surface area (TPSA) is 61.9 Å². The van der Waals surface area contributed by atoms with Crippen molar-refractivity contribution in [3.63, 3.8) is 0 Å². The highest BCUT2D eigenvalue weighted by Crippen LogP contribution is 2.11. The van der Waals surface area contributed by atoms with Crippen molar-refractivity contribution in [2.45, 2.75) is 0 Å². The maximum Gasteiger partial charge on any atom is 0.186 e. The van der Waals surface area contributed by atoms with Crippen LogP contribution in [0, 0.1) is 11.6 Å². The van der Waals surface area contributed by atoms with Gasteiger partial charge in [-0.2, -0.15) is 5.10 Å². The van der Waals surface area contributed by atoms with Gasteiger partial charge in [-0.3, -0.25) is 14.8 Å². The molecule has 0 spiro atoms. The molecule has 0 aliphatic carbocycles. The first-order valence-electron chi connectivity index (χ1n) is 4.85. The molecular weight excluding hydrogens is 230 g/mol. The molecular formula is C10H10F2N4O. The molecule has 17 heavy (non-hydrogen) atoms. The third kappa shape index (κ3) is 2.56. The number of nitrogens with two attached hydrogens (primary N) is 1. The number of halogens is 2. The summed E-state index contributed by atoms with van der Waals surface area (Å²) in [5.74, 6) is 3.33. The Kier molecular flexibility index (Phi) is 3.01. The highest BCUT2D eigenvalue weighted by Gasteiger charge is 2.18. The molecule has 0 bridgehead atoms. The van der Waals surface area contributed by atoms with Crippen LogP contribution in [0.3, 0.4) is 0 Å². The Hall–Kier alpha value is -2.02. The summed E-state index contributed by atoms with van der Waals surface area (Å²) in [7, 11) is 0. The second kappa shape index (κ2) is 4.46. The SMILES string of the molecule is NN1C=NN(CC(=O)c2ccc(F)cc2F)C1. The van der Waals surface area contributed by atoms with Gasteiger partial charge in [0, 0.05) is 6.07 Å². The summed E-state index contributed by atoms with van der Waals surface area (Å²) in [6.07, 6.45) is 1.36. The predicted octanol–water partition coefficient (Wildman–Crippen LogP) is 0.540. The summed E-state index contributed by atoms with van der Waals surface area (Å²) in [6.45, 7) is 0.154. The van der Waals surface area contributed by atoms with Crippen molar-refractivity contribution in [1.29, 1.82) is 0 Å². The van der Waals surface area contributed by atoms with Crippen LogP contribution in [0.25, 0.3) is 0 Å². The summed E-state index contributed by atoms with van der Waals surface area (Å²) >= 11 is 0. The van der Waals surface area contributed by atoms with E-state index in [9.17, 15) is 13.6 Å². The van der Waals surface area contributed by atoms with Crippen molar-refractivity contribution < 1.29 is 13.6 Å². The molecule has 2 rings (SSSR count). The van der Waals surface area contributed by atoms with Gasteiger partial charge >= 0.3 is 0 Å². The lowest BCUT2D eigenvalue weighted by Crippen LogP contribution is -2.34. The lowest BCUT2D eigenvalue weighted by Gasteiger charge is -2.14. The number of carbonyl (C=O) groups excluding carboxylic acids is 1. The van der Waals surface area contributed by atoms with E-state index in [4.69, 9.17) is 5.84 Å². The number of hydrogen-bond donors (Lipinski definition) is 1. The lowest BCUT2D eigenvalue weighted by molar-refractivity contribution is 0.0918. The fourth-order valence-corrected chi connectivity index (χ4v) is 1.46. The molecule has 1 aliphatic rings. The highest BCUT2D eigenvalue weighted by molar-refractivity contribution is 5.97. The third-order valence-corrected chi connectivity index (χ3v) is 2.25. The zero-order chi connectivity index (χ0) is 12.4. The number of benzene rings is 1. The van der Waals surface area contributed by atoms with Crippen LogP contribution in [0.1, 0.15) is 10.4 Å². The predicted molar refractivity (Wildman–Crippen MR) is 56.8 cm³/mol. The number of ketones is 1. The minimum atomic E-state index is -0.872. The Morgan fingerprint density at radius 2 is 2.24 bits per heavy atom. The Morgan fingerprint density at radius 1 is 1.47 bits per heavy atom. The molecule has 1 aromatic rings. The van der Waals surface area contributed by atoms with Gasteiger partial charge in [-0.25, -0.2) is 14.6 Å². The molecule has 1 aliphatic heterocycles. The molecule has 0 aromatic heterocycles. The summed E-state index contributed by atoms with van der Waals surface area (Å²) < 4.78 is 26.0. The number of hydrogen-bond acceptors (Lipinski definition) is 5. The van der Waals surface area contributed by atoms with Gasteiger partial charge in [0.25, 0.3) is 0 Å². The molecule has 0 amide bonds. The largest absolute Gasteiger partial charge is 0.292 e. The second-order valence-corrected chi connectivity index (χ2v) is 3.60. The fourth-order valence-electron chi connectivity index (χ4n) is 1.46. The van der Waals surface area contributed by atoms with Crippen LogP contribution >= 0.6 is 0 Å². The van der Waals surface area contributed by atoms with Gasteiger partial charge in [0.05, 0.1) is 5.56 Å². The van der Waals surface area contributed by atoms with Crippen LogP contribution in [0.15, 0.2) is 23.3 Å². The number of Topliss-reactive ketones (excluding diaryl/α,β-unsaturated/α-hetero) is 1. The summed E-state index contributed by atoms with van der Waals surface area (Å²) in [5.41, 5.74) is -0.155. The van der Waals surface area contributed by atoms with Crippen LogP contribution in [0.5, 0.6) is 0 Å². The molecule has 7 heteroatoms. The van der Waals surface area contributed by atoms with Crippen LogP contribution < -0.4 is 5.84 Å². The zero-order valence-electron chi connectivity index (χ0n) is 8.81. The number of hydrazone groups is 1. The van der Waals surface area contributed by atoms with E-state index in [1.165, 1.54) is 16.4 Å². The maximum atomic E-state index is 13.3. The Labute approximate surface area is 96.1 Å². The lowest BCUT2D eigenvalue weighted by atomic mass is 10.1. The first-order chi connectivity index (χ1) is 8.06. The standard InChI is InChI=1S/C10H10F2N4O/c11-7-1-2-8(9(12)3-7)10(17)4-16-6-15(13)5-14-16/h1-3,5H,4,6,13H2. The van der Waals surface area contributed by atoms with Gasteiger partial charge in [-0.05, 0) is 12.1 Å². The molecule has 2 N–H and O–H groups in total. The van der Waals surface area contributed by atoms with Crippen molar-refractivity contribution >= 4 is 12.1 Å². The van der Waals surface area contributed by atoms with Gasteiger partial charge in [-0.1, -0.05) is 0 Å². The van der Waals surface area contributed by atoms with E-state index >= 15 is 0 Å². The van der Waals surface area contributed by atoms with Crippen LogP contribution in [-0.4, -0.2) is 35.4 Å². The van der Waals surface area contributed by atoms with Crippen molar-refractivity contribution in [2.75, 3.05) is 13.2 Å². The van der Waals surface area contributed by atoms with E-state index in [1.807, 2.05) is 0 Å². The van der Waals surface area contributed by atoms with Crippen LogP contribution in [0.4, 0.5) is 8.78 Å². The molecule has 1 aromatic carbocycles. The van der Waals surface area contributed by atoms with E-state index in [2.05, 4.69) is 5.10 Å². The van der Waals surface area contributed by atoms with E-state index in [-0.39, 0.29) is 18.8 Å². The Bertz CT molecular complexity index is 477. The van der Waals surface area contributed by atoms with Crippen molar-refractivity contribution in [3.05, 3.63) is 35.4 Å². The molecule has 0 atom stereocenters. The van der Waals surface area contributed by atoms with Gasteiger partial charge in [0.2, 0.25) is 0 Å². The first-order valence-corrected chi connectivity index (χ1v) is 4.85. The normalized spacial score (nSPS) is 14.5. The molecule has 0 radical (unpaired) electrons. The molecule has 0 saturated carbocycles. The number of rotatable bonds is 3. The first kappa shape index (κ1) is 11.5. The third-order valence-electron chi connectivity index (χ3n) is 2.25. The molecule has 0 unspecified atom stereocenters. The monoisotopic (exact) mass is 240 g/mol. The van der Waals surface area contributed by atoms with E-state index < -0.39 is 17.4 Å². The average molecular weight is 240 g/mol. The zero-order valence-corrected chi connectivity index (χ0v) is 8.81. The quantitative estimate of drug-likeness (QED) is 0.618. The number of nitrogens with zero attached hydrogens (tertiary/aromatic N) is 3. The fraction of sp³-hybridized carbons (Fsp3) is 0.200. The van der Waals surface area contributed by atoms with Gasteiger partial charge in [-0.15, -0.1) is 0 Å². The highest BCUT2D eigenvalue weighted by atomic mass is 19.1. The smallest absolute Gasteiger partial charge is 0.186 e. The Balaban J connectivity index is 2.07. The number of hydrazine groups is 1. The second-order valence-electron chi connectivity index (χ2n) is 3.60. The molecule has 90 valence electrons. The molecule has 0 saturated heterocycles. The summed E-state index contributed by atoms with van der Waals surface area (Å²) in [6, 6.07) is 2.83. The Morgan fingerprint density at radius 3 is 2.82 bits per heavy atom. The maximum absolute atomic E-state index is 13.3. The minimum absolute atomic E-state index is 0.104. The van der Waals surface area contributed by atoms with Gasteiger partial charge in [0.1, 0.15) is 31.2 Å². The van der Waals surface area contributed by atoms with Gasteiger partial charge < -0.3 is 0 Å². The van der Waals surface area contributed by atoms with Gasteiger partial charge in [0.15, 0.2) is 5.78 Å². The summed E-state index contributed by atoms with van der Waals surface area (Å²) in [5, 5.41) is 6.49. The molecule has 0 fully saturated rings. The van der Waals surface area contributed by atoms with Crippen LogP contribution in [0.2, 0.25) is 0 Å². The average Bonchev–Trinajstić information content (AvgIpc) is 2.63. The van der Waals surface area contributed by atoms with Crippen LogP contribution in [-0.2, 0) is 0 Å². The van der Waals surface area contributed by atoms with E-state index in [0.29, 0.717) is 6.07 Å². The molecule has 5 nitrogen and oxygen atoms in total. The van der Waals surface area contributed by atoms with E-state index in [1.54, 1.807) is 0 Å². The van der Waals surface area contributed by atoms with Crippen molar-refractivity contribution in [2.24, 2.45) is 10.9 Å². The summed E-state index contributed by atoms with van der Waals surface area (Å²) in [4.78, 5) is 11.7. The van der Waals surface area contributed by atoms with Crippen molar-refractivity contribution in [3.8, 4) is 0 Å². The minimum Gasteiger partial charge on any atom is -0.292 e. The van der Waals surface area contributed by atoms with Crippen molar-refractivity contribution in [1.82, 2.24) is 10.0 Å².